The first kappa shape index (κ1) is 6.12. The molecule has 56 valence electrons. The highest BCUT2D eigenvalue weighted by Crippen LogP contribution is 2.31. The Morgan fingerprint density at radius 3 is 2.80 bits per heavy atom. The van der Waals surface area contributed by atoms with Crippen LogP contribution in [0.4, 0.5) is 0 Å². The summed E-state index contributed by atoms with van der Waals surface area (Å²) in [5.74, 6) is -0.785. The normalized spacial score (nSPS) is 44.2. The van der Waals surface area contributed by atoms with Crippen molar-refractivity contribution in [3.63, 3.8) is 0 Å². The molecule has 2 N–H and O–H groups in total. The summed E-state index contributed by atoms with van der Waals surface area (Å²) in [7, 11) is 0. The lowest BCUT2D eigenvalue weighted by Gasteiger charge is -2.17. The van der Waals surface area contributed by atoms with Crippen molar-refractivity contribution in [2.75, 3.05) is 6.61 Å². The highest BCUT2D eigenvalue weighted by molar-refractivity contribution is 5.80. The van der Waals surface area contributed by atoms with Crippen LogP contribution in [0.1, 0.15) is 12.8 Å². The lowest BCUT2D eigenvalue weighted by Crippen LogP contribution is -2.47. The first-order valence-corrected chi connectivity index (χ1v) is 3.36. The van der Waals surface area contributed by atoms with Gasteiger partial charge in [-0.3, -0.25) is 10.1 Å². The average molecular weight is 143 g/mol. The van der Waals surface area contributed by atoms with Crippen molar-refractivity contribution in [3.8, 4) is 0 Å². The molecule has 2 saturated heterocycles. The van der Waals surface area contributed by atoms with Gasteiger partial charge in [-0.25, -0.2) is 0 Å². The summed E-state index contributed by atoms with van der Waals surface area (Å²) in [4.78, 5) is 10.6. The standard InChI is InChI=1S/C6H9NO3/c8-5(9)6-2-1-4(7-6)10-3-6/h4,7H,1-3H2,(H,8,9)/t4-,6-/m1/s1. The van der Waals surface area contributed by atoms with Gasteiger partial charge in [0.1, 0.15) is 11.8 Å². The lowest BCUT2D eigenvalue weighted by molar-refractivity contribution is -0.144. The molecule has 0 radical (unpaired) electrons. The Balaban J connectivity index is 2.23. The van der Waals surface area contributed by atoms with E-state index in [9.17, 15) is 4.79 Å². The van der Waals surface area contributed by atoms with Crippen LogP contribution < -0.4 is 5.32 Å². The van der Waals surface area contributed by atoms with Crippen molar-refractivity contribution >= 4 is 5.97 Å². The van der Waals surface area contributed by atoms with Crippen molar-refractivity contribution in [1.82, 2.24) is 5.32 Å². The molecule has 0 amide bonds. The summed E-state index contributed by atoms with van der Waals surface area (Å²) in [5.41, 5.74) is -0.745. The van der Waals surface area contributed by atoms with Gasteiger partial charge in [0.15, 0.2) is 0 Å². The molecular weight excluding hydrogens is 134 g/mol. The molecular formula is C6H9NO3. The van der Waals surface area contributed by atoms with E-state index < -0.39 is 11.5 Å². The Bertz CT molecular complexity index is 172. The molecule has 2 bridgehead atoms. The molecule has 2 aliphatic heterocycles. The third kappa shape index (κ3) is 0.602. The number of fused-ring (bicyclic) bond motifs is 2. The largest absolute Gasteiger partial charge is 0.480 e. The predicted molar refractivity (Wildman–Crippen MR) is 32.5 cm³/mol. The average Bonchev–Trinajstić information content (AvgIpc) is 2.45. The molecule has 2 atom stereocenters. The SMILES string of the molecule is O=C(O)[C@]12CC[C@H](N1)OC2. The van der Waals surface area contributed by atoms with Gasteiger partial charge < -0.3 is 9.84 Å². The monoisotopic (exact) mass is 143 g/mol. The van der Waals surface area contributed by atoms with Crippen molar-refractivity contribution in [2.24, 2.45) is 0 Å². The van der Waals surface area contributed by atoms with Gasteiger partial charge in [0.25, 0.3) is 0 Å². The van der Waals surface area contributed by atoms with E-state index in [1.165, 1.54) is 0 Å². The minimum absolute atomic E-state index is 0.00361. The summed E-state index contributed by atoms with van der Waals surface area (Å²) in [6.45, 7) is 0.326. The molecule has 0 aromatic heterocycles. The van der Waals surface area contributed by atoms with Crippen LogP contribution in [-0.4, -0.2) is 29.4 Å². The fraction of sp³-hybridized carbons (Fsp3) is 0.833. The van der Waals surface area contributed by atoms with Crippen molar-refractivity contribution in [1.29, 1.82) is 0 Å². The molecule has 4 heteroatoms. The second-order valence-electron chi connectivity index (χ2n) is 2.87. The van der Waals surface area contributed by atoms with Crippen LogP contribution in [0.15, 0.2) is 0 Å². The number of nitrogens with one attached hydrogen (secondary N) is 1. The van der Waals surface area contributed by atoms with Gasteiger partial charge in [-0.2, -0.15) is 0 Å². The second kappa shape index (κ2) is 1.71. The summed E-state index contributed by atoms with van der Waals surface area (Å²) in [6, 6.07) is 0. The number of hydrogen-bond donors (Lipinski definition) is 2. The van der Waals surface area contributed by atoms with Crippen LogP contribution >= 0.6 is 0 Å². The third-order valence-electron chi connectivity index (χ3n) is 2.21. The summed E-state index contributed by atoms with van der Waals surface area (Å²) in [5, 5.41) is 11.7. The van der Waals surface area contributed by atoms with E-state index in [1.54, 1.807) is 0 Å². The van der Waals surface area contributed by atoms with Crippen LogP contribution in [0, 0.1) is 0 Å². The van der Waals surface area contributed by atoms with Crippen molar-refractivity contribution < 1.29 is 14.6 Å². The van der Waals surface area contributed by atoms with Gasteiger partial charge in [0.05, 0.1) is 6.61 Å². The number of carboxylic acid groups (broad SMARTS) is 1. The van der Waals surface area contributed by atoms with Crippen LogP contribution in [0.2, 0.25) is 0 Å². The zero-order valence-corrected chi connectivity index (χ0v) is 5.46. The molecule has 0 unspecified atom stereocenters. The Labute approximate surface area is 58.2 Å². The molecule has 4 nitrogen and oxygen atoms in total. The summed E-state index contributed by atoms with van der Waals surface area (Å²) >= 11 is 0. The maximum Gasteiger partial charge on any atom is 0.326 e. The van der Waals surface area contributed by atoms with Gasteiger partial charge in [0.2, 0.25) is 0 Å². The highest BCUT2D eigenvalue weighted by atomic mass is 16.5. The predicted octanol–water partition coefficient (Wildman–Crippen LogP) is -0.451. The van der Waals surface area contributed by atoms with Crippen LogP contribution in [0.25, 0.3) is 0 Å². The van der Waals surface area contributed by atoms with E-state index in [4.69, 9.17) is 9.84 Å². The van der Waals surface area contributed by atoms with Gasteiger partial charge in [0, 0.05) is 0 Å². The fourth-order valence-electron chi connectivity index (χ4n) is 1.54. The van der Waals surface area contributed by atoms with E-state index in [1.807, 2.05) is 0 Å². The molecule has 10 heavy (non-hydrogen) atoms. The Morgan fingerprint density at radius 1 is 1.80 bits per heavy atom. The summed E-state index contributed by atoms with van der Waals surface area (Å²) < 4.78 is 5.12. The molecule has 2 heterocycles. The van der Waals surface area contributed by atoms with Crippen molar-refractivity contribution in [3.05, 3.63) is 0 Å². The number of aliphatic carboxylic acids is 1. The zero-order chi connectivity index (χ0) is 7.19. The van der Waals surface area contributed by atoms with Crippen molar-refractivity contribution in [2.45, 2.75) is 24.6 Å². The van der Waals surface area contributed by atoms with E-state index in [2.05, 4.69) is 5.32 Å². The highest BCUT2D eigenvalue weighted by Gasteiger charge is 2.51. The van der Waals surface area contributed by atoms with Gasteiger partial charge >= 0.3 is 5.97 Å². The van der Waals surface area contributed by atoms with Crippen LogP contribution in [0.3, 0.4) is 0 Å². The maximum absolute atomic E-state index is 10.6. The van der Waals surface area contributed by atoms with Crippen LogP contribution in [0.5, 0.6) is 0 Å². The van der Waals surface area contributed by atoms with E-state index in [0.717, 1.165) is 6.42 Å². The second-order valence-corrected chi connectivity index (χ2v) is 2.87. The van der Waals surface area contributed by atoms with E-state index in [-0.39, 0.29) is 6.23 Å². The Morgan fingerprint density at radius 2 is 2.60 bits per heavy atom. The number of carbonyl (C=O) groups is 1. The molecule has 0 aromatic carbocycles. The number of carboxylic acids is 1. The minimum atomic E-state index is -0.785. The molecule has 2 rings (SSSR count). The number of ether oxygens (including phenoxy) is 1. The van der Waals surface area contributed by atoms with Crippen LogP contribution in [-0.2, 0) is 9.53 Å². The number of hydrogen-bond acceptors (Lipinski definition) is 3. The Hall–Kier alpha value is -0.610. The molecule has 0 spiro atoms. The number of rotatable bonds is 1. The molecule has 2 aliphatic rings. The summed E-state index contributed by atoms with van der Waals surface area (Å²) in [6.07, 6.45) is 1.52. The molecule has 2 fully saturated rings. The first-order valence-electron chi connectivity index (χ1n) is 3.36. The van der Waals surface area contributed by atoms with E-state index in [0.29, 0.717) is 13.0 Å². The minimum Gasteiger partial charge on any atom is -0.480 e. The van der Waals surface area contributed by atoms with E-state index >= 15 is 0 Å². The third-order valence-corrected chi connectivity index (χ3v) is 2.21. The first-order chi connectivity index (χ1) is 4.73. The maximum atomic E-state index is 10.6. The molecule has 0 aliphatic carbocycles. The van der Waals surface area contributed by atoms with Gasteiger partial charge in [-0.05, 0) is 12.8 Å². The Kier molecular flexibility index (Phi) is 1.04. The molecule has 0 aromatic rings. The van der Waals surface area contributed by atoms with Gasteiger partial charge in [-0.1, -0.05) is 0 Å². The van der Waals surface area contributed by atoms with Gasteiger partial charge in [-0.15, -0.1) is 0 Å². The fourth-order valence-corrected chi connectivity index (χ4v) is 1.54. The topological polar surface area (TPSA) is 58.6 Å². The smallest absolute Gasteiger partial charge is 0.326 e. The zero-order valence-electron chi connectivity index (χ0n) is 5.46. The molecule has 0 saturated carbocycles. The lowest BCUT2D eigenvalue weighted by atomic mass is 9.98. The quantitative estimate of drug-likeness (QED) is 0.522.